The second-order valence-electron chi connectivity index (χ2n) is 18.0. The number of carbonyl (C=O) groups is 1. The van der Waals surface area contributed by atoms with Gasteiger partial charge >= 0.3 is 6.18 Å². The van der Waals surface area contributed by atoms with Gasteiger partial charge in [-0.25, -0.2) is 12.7 Å². The van der Waals surface area contributed by atoms with Crippen molar-refractivity contribution in [3.8, 4) is 0 Å². The van der Waals surface area contributed by atoms with E-state index < -0.39 is 46.1 Å². The van der Waals surface area contributed by atoms with Crippen LogP contribution in [0, 0.1) is 19.8 Å². The normalized spacial score (nSPS) is 28.7. The molecule has 1 amide bonds. The monoisotopic (exact) mass is 938 g/mol. The Balaban J connectivity index is 0.854. The maximum atomic E-state index is 13.3. The van der Waals surface area contributed by atoms with Crippen molar-refractivity contribution in [1.82, 2.24) is 25.0 Å². The van der Waals surface area contributed by atoms with Crippen molar-refractivity contribution in [2.24, 2.45) is 28.1 Å². The van der Waals surface area contributed by atoms with E-state index in [2.05, 4.69) is 20.7 Å². The van der Waals surface area contributed by atoms with Gasteiger partial charge in [-0.2, -0.15) is 13.2 Å². The molecule has 18 nitrogen and oxygen atoms in total. The number of likely N-dealkylation sites (N-methyl/N-ethyl adjacent to an activating group) is 1. The quantitative estimate of drug-likeness (QED) is 0.0831. The van der Waals surface area contributed by atoms with Gasteiger partial charge in [0.1, 0.15) is 12.4 Å². The minimum absolute atomic E-state index is 0.00662. The fraction of sp³-hybridized carbons (Fsp3) is 0.881. The van der Waals surface area contributed by atoms with E-state index in [1.54, 1.807) is 0 Å². The Hall–Kier alpha value is -2.51. The zero-order valence-corrected chi connectivity index (χ0v) is 38.8. The second-order valence-corrected chi connectivity index (χ2v) is 20.3. The number of fused-ring (bicyclic) bond motifs is 1. The number of halogens is 3. The summed E-state index contributed by atoms with van der Waals surface area (Å²) in [6, 6.07) is -2.10. The lowest BCUT2D eigenvalue weighted by molar-refractivity contribution is -0.139. The van der Waals surface area contributed by atoms with Crippen LogP contribution >= 0.6 is 0 Å². The Morgan fingerprint density at radius 2 is 1.72 bits per heavy atom. The summed E-state index contributed by atoms with van der Waals surface area (Å²) in [7, 11) is -0.671. The molecule has 0 aromatic carbocycles. The highest BCUT2D eigenvalue weighted by atomic mass is 32.2. The molecule has 1 aliphatic heterocycles. The van der Waals surface area contributed by atoms with Gasteiger partial charge in [-0.15, -0.1) is 0 Å². The first-order valence-electron chi connectivity index (χ1n) is 22.8. The third-order valence-electron chi connectivity index (χ3n) is 13.3. The smallest absolute Gasteiger partial charge is 0.380 e. The van der Waals surface area contributed by atoms with Crippen molar-refractivity contribution in [2.45, 2.75) is 144 Å². The zero-order chi connectivity index (χ0) is 46.4. The molecule has 1 aromatic rings. The summed E-state index contributed by atoms with van der Waals surface area (Å²) < 4.78 is 99.8. The number of methoxy groups -OCH3 is 1. The highest BCUT2D eigenvalue weighted by molar-refractivity contribution is 7.89. The van der Waals surface area contributed by atoms with Crippen LogP contribution in [0.5, 0.6) is 0 Å². The molecule has 22 heteroatoms. The predicted molar refractivity (Wildman–Crippen MR) is 234 cm³/mol. The summed E-state index contributed by atoms with van der Waals surface area (Å²) in [4.78, 5) is 19.7. The first kappa shape index (κ1) is 52.5. The number of nitrogens with one attached hydrogen (secondary N) is 2. The summed E-state index contributed by atoms with van der Waals surface area (Å²) in [5.41, 5.74) is 20.3. The molecule has 3 fully saturated rings. The van der Waals surface area contributed by atoms with Crippen LogP contribution in [0.25, 0.3) is 0 Å². The molecule has 3 saturated carbocycles. The minimum Gasteiger partial charge on any atom is -0.380 e. The molecule has 11 atom stereocenters. The number of alkyl halides is 3. The maximum Gasteiger partial charge on any atom is 0.390 e. The molecule has 8 N–H and O–H groups in total. The molecule has 3 aliphatic carbocycles. The van der Waals surface area contributed by atoms with Crippen molar-refractivity contribution < 1.29 is 54.6 Å². The highest BCUT2D eigenvalue weighted by Crippen LogP contribution is 2.41. The molecule has 5 rings (SSSR count). The molecule has 0 bridgehead atoms. The molecular weight excluding hydrogens is 864 g/mol. The number of aliphatic imine (C=N–C) groups is 1. The zero-order valence-electron chi connectivity index (χ0n) is 38.0. The first-order valence-corrected chi connectivity index (χ1v) is 24.3. The topological polar surface area (TPSA) is 244 Å². The first-order chi connectivity index (χ1) is 30.5. The number of hydrogen-bond acceptors (Lipinski definition) is 16. The third kappa shape index (κ3) is 15.5. The molecule has 0 spiro atoms. The van der Waals surface area contributed by atoms with Gasteiger partial charge < -0.3 is 60.9 Å². The molecular formula is C42H74F3N9O9S. The molecule has 2 heterocycles. The van der Waals surface area contributed by atoms with Gasteiger partial charge in [-0.05, 0) is 77.0 Å². The molecule has 368 valence electrons. The van der Waals surface area contributed by atoms with Crippen LogP contribution in [-0.2, 0) is 38.5 Å². The molecule has 4 aliphatic rings. The van der Waals surface area contributed by atoms with Crippen LogP contribution in [0.15, 0.2) is 9.52 Å². The van der Waals surface area contributed by atoms with Gasteiger partial charge in [0.15, 0.2) is 0 Å². The van der Waals surface area contributed by atoms with Crippen molar-refractivity contribution >= 4 is 22.3 Å². The molecule has 64 heavy (non-hydrogen) atoms. The molecule has 0 saturated heterocycles. The number of aryl methyl sites for hydroxylation is 2. The number of sulfonamides is 1. The van der Waals surface area contributed by atoms with E-state index in [1.807, 2.05) is 20.2 Å². The summed E-state index contributed by atoms with van der Waals surface area (Å²) in [6.07, 6.45) is 2.85. The van der Waals surface area contributed by atoms with Gasteiger partial charge in [0.25, 0.3) is 0 Å². The van der Waals surface area contributed by atoms with Crippen molar-refractivity contribution in [3.63, 3.8) is 0 Å². The van der Waals surface area contributed by atoms with Crippen molar-refractivity contribution in [2.75, 3.05) is 86.6 Å². The number of amides is 1. The van der Waals surface area contributed by atoms with E-state index in [9.17, 15) is 26.4 Å². The second kappa shape index (κ2) is 25.0. The number of nitrogens with two attached hydrogens (primary N) is 3. The Morgan fingerprint density at radius 1 is 1.00 bits per heavy atom. The van der Waals surface area contributed by atoms with Gasteiger partial charge in [0.2, 0.25) is 15.9 Å². The molecule has 1 aromatic heterocycles. The van der Waals surface area contributed by atoms with Crippen LogP contribution < -0.4 is 27.8 Å². The van der Waals surface area contributed by atoms with E-state index in [-0.39, 0.29) is 75.5 Å². The highest BCUT2D eigenvalue weighted by Gasteiger charge is 2.44. The number of nitrogens with zero attached hydrogens (tertiary/aromatic N) is 4. The van der Waals surface area contributed by atoms with Crippen LogP contribution in [0.3, 0.4) is 0 Å². The third-order valence-corrected chi connectivity index (χ3v) is 15.6. The lowest BCUT2D eigenvalue weighted by atomic mass is 9.75. The maximum absolute atomic E-state index is 13.3. The van der Waals surface area contributed by atoms with Gasteiger partial charge in [0, 0.05) is 70.1 Å². The lowest BCUT2D eigenvalue weighted by Gasteiger charge is -2.41. The number of ether oxygens (including phenoxy) is 5. The van der Waals surface area contributed by atoms with E-state index in [0.29, 0.717) is 57.6 Å². The average molecular weight is 938 g/mol. The van der Waals surface area contributed by atoms with Gasteiger partial charge in [-0.1, -0.05) is 11.6 Å². The van der Waals surface area contributed by atoms with Crippen molar-refractivity contribution in [1.29, 1.82) is 0 Å². The van der Waals surface area contributed by atoms with Crippen LogP contribution in [0.4, 0.5) is 13.2 Å². The lowest BCUT2D eigenvalue weighted by Crippen LogP contribution is -2.55. The summed E-state index contributed by atoms with van der Waals surface area (Å²) >= 11 is 0. The molecule has 11 unspecified atom stereocenters. The van der Waals surface area contributed by atoms with E-state index in [4.69, 9.17) is 50.4 Å². The van der Waals surface area contributed by atoms with Crippen LogP contribution in [0.2, 0.25) is 0 Å². The Labute approximate surface area is 376 Å². The largest absolute Gasteiger partial charge is 0.390 e. The average Bonchev–Trinajstić information content (AvgIpc) is 3.82. The summed E-state index contributed by atoms with van der Waals surface area (Å²) in [5, 5.41) is 9.48. The Kier molecular flexibility index (Phi) is 20.5. The number of rotatable bonds is 26. The van der Waals surface area contributed by atoms with E-state index in [0.717, 1.165) is 56.5 Å². The summed E-state index contributed by atoms with van der Waals surface area (Å²) in [5.74, 6) is 1.44. The Morgan fingerprint density at radius 3 is 2.41 bits per heavy atom. The fourth-order valence-corrected chi connectivity index (χ4v) is 11.5. The van der Waals surface area contributed by atoms with E-state index >= 15 is 0 Å². The number of carbonyl (C=O) groups excluding carboxylic acids is 1. The Bertz CT molecular complexity index is 1690. The summed E-state index contributed by atoms with van der Waals surface area (Å²) in [6.45, 7) is 7.19. The van der Waals surface area contributed by atoms with Crippen molar-refractivity contribution in [3.05, 3.63) is 17.0 Å². The number of aromatic nitrogens is 1. The van der Waals surface area contributed by atoms with Crippen LogP contribution in [-0.4, -0.2) is 181 Å². The fourth-order valence-electron chi connectivity index (χ4n) is 9.76. The van der Waals surface area contributed by atoms with Crippen LogP contribution in [0.1, 0.15) is 87.1 Å². The molecule has 0 radical (unpaired) electrons. The van der Waals surface area contributed by atoms with Gasteiger partial charge in [0.05, 0.1) is 87.6 Å². The number of hydrogen-bond donors (Lipinski definition) is 5. The SMILES string of the molecule is COC1CC(S(=O)(=O)N(C)CCOCCOCCOCCNC(=O)COC2CCCC(CN3C=NC4C(N)CC(c5c(C)noc5C)CC43)C2)CCC1NCC(N)C(N)CC(F)(F)F. The predicted octanol–water partition coefficient (Wildman–Crippen LogP) is 1.71. The minimum atomic E-state index is -4.41. The van der Waals surface area contributed by atoms with E-state index in [1.165, 1.54) is 24.0 Å². The standard InChI is InChI=1S/C42H74F3N9O9S/c1-27-40(28(2)63-52-27)30-19-33(46)41-37(20-30)54(26-51-41)24-29-6-5-7-31(18-29)62-25-39(55)49-10-12-59-14-16-61-17-15-60-13-11-53(3)64(56,57)32-8-9-36(38(21-32)58-4)50-23-35(48)34(47)22-42(43,44)45/h26,29-38,41,50H,5-25,46-48H2,1-4H3,(H,49,55). The van der Waals surface area contributed by atoms with Gasteiger partial charge in [-0.3, -0.25) is 9.79 Å².